The number of halogens is 7. The van der Waals surface area contributed by atoms with Gasteiger partial charge < -0.3 is 25.7 Å². The first kappa shape index (κ1) is 27.0. The molecule has 0 aliphatic carbocycles. The van der Waals surface area contributed by atoms with Crippen LogP contribution in [-0.4, -0.2) is 36.3 Å². The van der Waals surface area contributed by atoms with Gasteiger partial charge in [0.05, 0.1) is 5.69 Å². The van der Waals surface area contributed by atoms with Crippen molar-refractivity contribution in [3.05, 3.63) is 58.6 Å². The molecule has 4 atom stereocenters. The quantitative estimate of drug-likeness (QED) is 0.341. The second-order valence-electron chi connectivity index (χ2n) is 8.10. The number of carbonyl (C=O) groups is 2. The Morgan fingerprint density at radius 3 is 2.44 bits per heavy atom. The van der Waals surface area contributed by atoms with Crippen LogP contribution in [0.2, 0.25) is 0 Å². The number of alkyl halides is 5. The third-order valence-corrected chi connectivity index (χ3v) is 6.01. The van der Waals surface area contributed by atoms with Crippen LogP contribution in [0.3, 0.4) is 0 Å². The molecule has 2 amide bonds. The summed E-state index contributed by atoms with van der Waals surface area (Å²) in [5, 5.41) is 13.8. The van der Waals surface area contributed by atoms with Gasteiger partial charge in [0.25, 0.3) is 11.6 Å². The zero-order valence-electron chi connectivity index (χ0n) is 18.4. The number of nitrogens with zero attached hydrogens (tertiary/aromatic N) is 1. The van der Waals surface area contributed by atoms with Crippen LogP contribution in [0.1, 0.15) is 35.8 Å². The third kappa shape index (κ3) is 4.74. The van der Waals surface area contributed by atoms with Crippen molar-refractivity contribution in [1.29, 1.82) is 0 Å². The summed E-state index contributed by atoms with van der Waals surface area (Å²) in [6, 6.07) is 3.04. The second-order valence-corrected chi connectivity index (χ2v) is 8.10. The molecule has 1 aliphatic rings. The van der Waals surface area contributed by atoms with E-state index in [1.807, 2.05) is 0 Å². The first-order valence-electron chi connectivity index (χ1n) is 10.1. The Bertz CT molecular complexity index is 1190. The number of pyridine rings is 1. The maximum absolute atomic E-state index is 14.4. The minimum Gasteiger partial charge on any atom is -0.618 e. The average molecular weight is 525 g/mol. The van der Waals surface area contributed by atoms with Crippen molar-refractivity contribution in [2.24, 2.45) is 11.7 Å². The summed E-state index contributed by atoms with van der Waals surface area (Å²) in [5.74, 6) is -10.8. The highest BCUT2D eigenvalue weighted by atomic mass is 19.4. The van der Waals surface area contributed by atoms with Crippen LogP contribution in [0.5, 0.6) is 5.75 Å². The van der Waals surface area contributed by atoms with E-state index in [0.717, 1.165) is 31.3 Å². The maximum atomic E-state index is 14.4. The Morgan fingerprint density at radius 2 is 1.89 bits per heavy atom. The van der Waals surface area contributed by atoms with Gasteiger partial charge in [-0.2, -0.15) is 31.1 Å². The lowest BCUT2D eigenvalue weighted by atomic mass is 9.77. The van der Waals surface area contributed by atoms with Gasteiger partial charge in [0.2, 0.25) is 5.82 Å². The number of ether oxygens (including phenoxy) is 2. The number of aromatic nitrogens is 1. The summed E-state index contributed by atoms with van der Waals surface area (Å²) in [6.07, 6.45) is -6.38. The number of anilines is 1. The predicted molar refractivity (Wildman–Crippen MR) is 107 cm³/mol. The number of primary amides is 1. The first-order chi connectivity index (χ1) is 16.6. The van der Waals surface area contributed by atoms with Crippen molar-refractivity contribution in [2.45, 2.75) is 44.3 Å². The van der Waals surface area contributed by atoms with Crippen LogP contribution in [0.25, 0.3) is 0 Å². The molecular weight excluding hydrogens is 507 g/mol. The minimum atomic E-state index is -5.08. The number of rotatable bonds is 6. The standard InChI is InChI=1S/C21H18F7N3O5/c1-8-13(10-3-4-11(22)14(23)15(10)35-19(24)25)16(36-20(8,2)21(26,27)28)18(33)30-9-5-6-31(34)12(7-9)17(29)32/h3-8,13,16,19H,1-2H3,(H2,29,32)(H,30,33). The Hall–Kier alpha value is -3.62. The molecule has 196 valence electrons. The molecule has 2 heterocycles. The number of nitrogens with one attached hydrogen (secondary N) is 1. The number of carbonyl (C=O) groups excluding carboxylic acids is 2. The van der Waals surface area contributed by atoms with Gasteiger partial charge in [-0.15, -0.1) is 0 Å². The molecule has 2 aromatic rings. The molecule has 1 aromatic heterocycles. The van der Waals surface area contributed by atoms with E-state index < -0.39 is 76.8 Å². The second kappa shape index (κ2) is 9.44. The first-order valence-corrected chi connectivity index (χ1v) is 10.1. The number of amides is 2. The summed E-state index contributed by atoms with van der Waals surface area (Å²) in [6.45, 7) is -2.07. The van der Waals surface area contributed by atoms with Crippen molar-refractivity contribution >= 4 is 17.5 Å². The Labute approximate surface area is 198 Å². The lowest BCUT2D eigenvalue weighted by Gasteiger charge is -2.32. The minimum absolute atomic E-state index is 0.0743. The predicted octanol–water partition coefficient (Wildman–Crippen LogP) is 3.38. The smallest absolute Gasteiger partial charge is 0.417 e. The molecule has 1 saturated heterocycles. The number of nitrogens with two attached hydrogens (primary N) is 1. The van der Waals surface area contributed by atoms with E-state index in [9.17, 15) is 45.5 Å². The highest BCUT2D eigenvalue weighted by Crippen LogP contribution is 2.55. The highest BCUT2D eigenvalue weighted by Gasteiger charge is 2.66. The van der Waals surface area contributed by atoms with E-state index in [1.54, 1.807) is 0 Å². The van der Waals surface area contributed by atoms with Gasteiger partial charge >= 0.3 is 18.7 Å². The number of hydrogen-bond acceptors (Lipinski definition) is 5. The van der Waals surface area contributed by atoms with Crippen molar-refractivity contribution in [1.82, 2.24) is 0 Å². The Balaban J connectivity index is 2.11. The molecule has 0 bridgehead atoms. The largest absolute Gasteiger partial charge is 0.618 e. The van der Waals surface area contributed by atoms with E-state index >= 15 is 0 Å². The van der Waals surface area contributed by atoms with Gasteiger partial charge in [0.1, 0.15) is 6.10 Å². The molecule has 1 aromatic carbocycles. The molecule has 4 unspecified atom stereocenters. The number of hydrogen-bond donors (Lipinski definition) is 2. The maximum Gasteiger partial charge on any atom is 0.417 e. The van der Waals surface area contributed by atoms with Crippen molar-refractivity contribution in [3.63, 3.8) is 0 Å². The fourth-order valence-electron chi connectivity index (χ4n) is 4.00. The molecule has 0 saturated carbocycles. The van der Waals surface area contributed by atoms with Gasteiger partial charge in [-0.3, -0.25) is 9.59 Å². The van der Waals surface area contributed by atoms with E-state index in [1.165, 1.54) is 0 Å². The van der Waals surface area contributed by atoms with Gasteiger partial charge in [-0.05, 0) is 13.0 Å². The van der Waals surface area contributed by atoms with Crippen molar-refractivity contribution in [3.8, 4) is 5.75 Å². The summed E-state index contributed by atoms with van der Waals surface area (Å²) < 4.78 is 105. The summed E-state index contributed by atoms with van der Waals surface area (Å²) in [4.78, 5) is 24.4. The van der Waals surface area contributed by atoms with E-state index in [2.05, 4.69) is 10.1 Å². The van der Waals surface area contributed by atoms with E-state index in [4.69, 9.17) is 10.5 Å². The molecule has 3 N–H and O–H groups in total. The van der Waals surface area contributed by atoms with Crippen LogP contribution in [0.4, 0.5) is 36.4 Å². The van der Waals surface area contributed by atoms with Crippen LogP contribution in [-0.2, 0) is 9.53 Å². The van der Waals surface area contributed by atoms with Crippen LogP contribution >= 0.6 is 0 Å². The summed E-state index contributed by atoms with van der Waals surface area (Å²) >= 11 is 0. The molecule has 1 aliphatic heterocycles. The van der Waals surface area contributed by atoms with Gasteiger partial charge in [0, 0.05) is 29.5 Å². The van der Waals surface area contributed by atoms with Crippen molar-refractivity contribution in [2.75, 3.05) is 5.32 Å². The SMILES string of the molecule is CC1C(c2ccc(F)c(F)c2OC(F)F)C(C(=O)Nc2cc[n+]([O-])c(C(N)=O)c2)OC1(C)C(F)(F)F. The Kier molecular flexibility index (Phi) is 7.08. The lowest BCUT2D eigenvalue weighted by molar-refractivity contribution is -0.607. The fraction of sp³-hybridized carbons (Fsp3) is 0.381. The molecule has 15 heteroatoms. The monoisotopic (exact) mass is 525 g/mol. The molecular formula is C21H18F7N3O5. The zero-order valence-corrected chi connectivity index (χ0v) is 18.4. The van der Waals surface area contributed by atoms with Crippen LogP contribution < -0.4 is 20.5 Å². The van der Waals surface area contributed by atoms with Crippen molar-refractivity contribution < 1.29 is 54.5 Å². The van der Waals surface area contributed by atoms with Crippen LogP contribution in [0.15, 0.2) is 30.5 Å². The average Bonchev–Trinajstić information content (AvgIpc) is 3.04. The number of benzene rings is 1. The molecule has 0 spiro atoms. The van der Waals surface area contributed by atoms with E-state index in [-0.39, 0.29) is 10.4 Å². The van der Waals surface area contributed by atoms with E-state index in [0.29, 0.717) is 13.0 Å². The fourth-order valence-corrected chi connectivity index (χ4v) is 4.00. The highest BCUT2D eigenvalue weighted by molar-refractivity contribution is 5.97. The normalized spacial score (nSPS) is 24.1. The van der Waals surface area contributed by atoms with Gasteiger partial charge in [-0.1, -0.05) is 13.0 Å². The lowest BCUT2D eigenvalue weighted by Crippen LogP contribution is -2.47. The molecule has 8 nitrogen and oxygen atoms in total. The molecule has 1 fully saturated rings. The zero-order chi connectivity index (χ0) is 27.2. The van der Waals surface area contributed by atoms with Gasteiger partial charge in [-0.25, -0.2) is 4.39 Å². The summed E-state index contributed by atoms with van der Waals surface area (Å²) in [5.41, 5.74) is 0.502. The molecule has 36 heavy (non-hydrogen) atoms. The molecule has 0 radical (unpaired) electrons. The summed E-state index contributed by atoms with van der Waals surface area (Å²) in [7, 11) is 0. The third-order valence-electron chi connectivity index (χ3n) is 6.01. The Morgan fingerprint density at radius 1 is 1.25 bits per heavy atom. The topological polar surface area (TPSA) is 118 Å². The van der Waals surface area contributed by atoms with Gasteiger partial charge in [0.15, 0.2) is 23.4 Å². The molecule has 3 rings (SSSR count). The van der Waals surface area contributed by atoms with Crippen LogP contribution in [0, 0.1) is 22.8 Å².